The second kappa shape index (κ2) is 11.7. The SMILES string of the molecule is CCOc1cc(/C=C(\C#N)C(=O)Nc2ccc(C(=O)O)cc2)cc(I)c1OS(=O)(=O)c1ccccc1. The second-order valence-corrected chi connectivity index (χ2v) is 9.83. The maximum Gasteiger partial charge on any atom is 0.339 e. The molecule has 0 saturated carbocycles. The Balaban J connectivity index is 1.90. The van der Waals surface area contributed by atoms with Gasteiger partial charge in [0.2, 0.25) is 0 Å². The zero-order valence-electron chi connectivity index (χ0n) is 18.8. The van der Waals surface area contributed by atoms with Gasteiger partial charge in [-0.2, -0.15) is 13.7 Å². The van der Waals surface area contributed by atoms with Crippen LogP contribution in [0, 0.1) is 14.9 Å². The molecule has 11 heteroatoms. The Hall–Kier alpha value is -3.89. The molecule has 0 saturated heterocycles. The quantitative estimate of drug-likeness (QED) is 0.152. The second-order valence-electron chi connectivity index (χ2n) is 7.12. The summed E-state index contributed by atoms with van der Waals surface area (Å²) in [5.41, 5.74) is 0.533. The smallest absolute Gasteiger partial charge is 0.339 e. The normalized spacial score (nSPS) is 11.3. The van der Waals surface area contributed by atoms with E-state index in [0.29, 0.717) is 14.8 Å². The van der Waals surface area contributed by atoms with Crippen LogP contribution in [0.3, 0.4) is 0 Å². The first-order valence-corrected chi connectivity index (χ1v) is 12.9. The van der Waals surface area contributed by atoms with Crippen LogP contribution in [-0.2, 0) is 14.9 Å². The van der Waals surface area contributed by atoms with Gasteiger partial charge in [0.05, 0.1) is 15.7 Å². The number of anilines is 1. The van der Waals surface area contributed by atoms with Gasteiger partial charge in [-0.25, -0.2) is 4.79 Å². The number of aromatic carboxylic acids is 1. The summed E-state index contributed by atoms with van der Waals surface area (Å²) in [5.74, 6) is -1.70. The number of halogens is 1. The number of nitriles is 1. The largest absolute Gasteiger partial charge is 0.490 e. The Kier molecular flexibility index (Phi) is 8.68. The molecule has 0 spiro atoms. The summed E-state index contributed by atoms with van der Waals surface area (Å²) < 4.78 is 36.8. The van der Waals surface area contributed by atoms with E-state index in [0.717, 1.165) is 0 Å². The van der Waals surface area contributed by atoms with Crippen molar-refractivity contribution >= 4 is 56.3 Å². The molecule has 0 atom stereocenters. The number of benzene rings is 3. The standard InChI is InChI=1S/C25H19IN2O7S/c1-2-34-22-14-16(13-21(26)23(22)35-36(32,33)20-6-4-3-5-7-20)12-18(15-27)24(29)28-19-10-8-17(9-11-19)25(30)31/h3-14H,2H2,1H3,(H,28,29)(H,30,31)/b18-12+. The molecule has 0 unspecified atom stereocenters. The number of nitrogens with zero attached hydrogens (tertiary/aromatic N) is 1. The van der Waals surface area contributed by atoms with Gasteiger partial charge in [0.15, 0.2) is 11.5 Å². The number of hydrogen-bond donors (Lipinski definition) is 2. The van der Waals surface area contributed by atoms with Crippen molar-refractivity contribution in [3.63, 3.8) is 0 Å². The third-order valence-corrected chi connectivity index (χ3v) is 6.66. The summed E-state index contributed by atoms with van der Waals surface area (Å²) in [5, 5.41) is 21.0. The van der Waals surface area contributed by atoms with Crippen LogP contribution < -0.4 is 14.2 Å². The first-order valence-electron chi connectivity index (χ1n) is 10.4. The molecule has 0 fully saturated rings. The number of amides is 1. The lowest BCUT2D eigenvalue weighted by Gasteiger charge is -2.14. The van der Waals surface area contributed by atoms with Crippen molar-refractivity contribution in [2.75, 3.05) is 11.9 Å². The van der Waals surface area contributed by atoms with E-state index >= 15 is 0 Å². The molecule has 0 aliphatic heterocycles. The molecule has 3 rings (SSSR count). The Bertz CT molecular complexity index is 1460. The summed E-state index contributed by atoms with van der Waals surface area (Å²) >= 11 is 1.88. The lowest BCUT2D eigenvalue weighted by atomic mass is 10.1. The summed E-state index contributed by atoms with van der Waals surface area (Å²) in [6.07, 6.45) is 1.32. The molecule has 0 bridgehead atoms. The van der Waals surface area contributed by atoms with E-state index in [1.54, 1.807) is 31.2 Å². The number of hydrogen-bond acceptors (Lipinski definition) is 7. The molecule has 3 aromatic carbocycles. The topological polar surface area (TPSA) is 143 Å². The van der Waals surface area contributed by atoms with Gasteiger partial charge in [-0.3, -0.25) is 4.79 Å². The number of rotatable bonds is 9. The van der Waals surface area contributed by atoms with E-state index in [1.165, 1.54) is 48.5 Å². The van der Waals surface area contributed by atoms with Gasteiger partial charge in [0.1, 0.15) is 16.5 Å². The molecular formula is C25H19IN2O7S. The maximum atomic E-state index is 12.7. The minimum absolute atomic E-state index is 0.0140. The fourth-order valence-electron chi connectivity index (χ4n) is 2.97. The monoisotopic (exact) mass is 618 g/mol. The third-order valence-electron chi connectivity index (χ3n) is 4.62. The highest BCUT2D eigenvalue weighted by Crippen LogP contribution is 2.37. The molecule has 2 N–H and O–H groups in total. The van der Waals surface area contributed by atoms with Crippen molar-refractivity contribution < 1.29 is 32.0 Å². The van der Waals surface area contributed by atoms with Gasteiger partial charge in [0, 0.05) is 5.69 Å². The molecule has 36 heavy (non-hydrogen) atoms. The average Bonchev–Trinajstić information content (AvgIpc) is 2.85. The van der Waals surface area contributed by atoms with E-state index in [9.17, 15) is 23.3 Å². The Morgan fingerprint density at radius 2 is 1.78 bits per heavy atom. The van der Waals surface area contributed by atoms with Crippen LogP contribution in [0.1, 0.15) is 22.8 Å². The molecular weight excluding hydrogens is 599 g/mol. The highest BCUT2D eigenvalue weighted by Gasteiger charge is 2.22. The number of carbonyl (C=O) groups is 2. The zero-order valence-corrected chi connectivity index (χ0v) is 21.7. The predicted molar refractivity (Wildman–Crippen MR) is 140 cm³/mol. The van der Waals surface area contributed by atoms with Gasteiger partial charge >= 0.3 is 16.1 Å². The molecule has 0 heterocycles. The first kappa shape index (κ1) is 26.7. The zero-order chi connectivity index (χ0) is 26.3. The highest BCUT2D eigenvalue weighted by molar-refractivity contribution is 14.1. The fraction of sp³-hybridized carbons (Fsp3) is 0.0800. The molecule has 0 radical (unpaired) electrons. The Morgan fingerprint density at radius 1 is 1.11 bits per heavy atom. The van der Waals surface area contributed by atoms with Crippen LogP contribution in [0.15, 0.2) is 77.2 Å². The Morgan fingerprint density at radius 3 is 2.36 bits per heavy atom. The molecule has 0 aliphatic carbocycles. The van der Waals surface area contributed by atoms with Gasteiger partial charge in [0.25, 0.3) is 5.91 Å². The van der Waals surface area contributed by atoms with Gasteiger partial charge < -0.3 is 19.3 Å². The van der Waals surface area contributed by atoms with E-state index in [1.807, 2.05) is 28.7 Å². The molecule has 1 amide bonds. The van der Waals surface area contributed by atoms with Crippen LogP contribution in [0.5, 0.6) is 11.5 Å². The predicted octanol–water partition coefficient (Wildman–Crippen LogP) is 4.70. The minimum Gasteiger partial charge on any atom is -0.490 e. The molecule has 9 nitrogen and oxygen atoms in total. The summed E-state index contributed by atoms with van der Waals surface area (Å²) in [4.78, 5) is 23.6. The van der Waals surface area contributed by atoms with Crippen molar-refractivity contribution in [2.24, 2.45) is 0 Å². The van der Waals surface area contributed by atoms with Gasteiger partial charge in [-0.05, 0) is 89.7 Å². The lowest BCUT2D eigenvalue weighted by molar-refractivity contribution is -0.112. The van der Waals surface area contributed by atoms with Crippen molar-refractivity contribution in [3.8, 4) is 17.6 Å². The van der Waals surface area contributed by atoms with Gasteiger partial charge in [-0.15, -0.1) is 0 Å². The number of nitrogens with one attached hydrogen (secondary N) is 1. The first-order chi connectivity index (χ1) is 17.1. The number of carbonyl (C=O) groups excluding carboxylic acids is 1. The highest BCUT2D eigenvalue weighted by atomic mass is 127. The minimum atomic E-state index is -4.13. The maximum absolute atomic E-state index is 12.7. The number of ether oxygens (including phenoxy) is 1. The van der Waals surface area contributed by atoms with Crippen molar-refractivity contribution in [1.29, 1.82) is 5.26 Å². The third kappa shape index (κ3) is 6.61. The molecule has 0 aromatic heterocycles. The number of carboxylic acids is 1. The Labute approximate surface area is 221 Å². The van der Waals surface area contributed by atoms with E-state index in [4.69, 9.17) is 14.0 Å². The van der Waals surface area contributed by atoms with Crippen LogP contribution in [0.4, 0.5) is 5.69 Å². The van der Waals surface area contributed by atoms with Gasteiger partial charge in [-0.1, -0.05) is 18.2 Å². The van der Waals surface area contributed by atoms with Crippen LogP contribution in [-0.4, -0.2) is 32.0 Å². The number of carboxylic acid groups (broad SMARTS) is 1. The van der Waals surface area contributed by atoms with Crippen molar-refractivity contribution in [3.05, 3.63) is 87.0 Å². The van der Waals surface area contributed by atoms with Crippen LogP contribution in [0.25, 0.3) is 6.08 Å². The summed E-state index contributed by atoms with van der Waals surface area (Å²) in [6.45, 7) is 1.93. The van der Waals surface area contributed by atoms with Crippen molar-refractivity contribution in [1.82, 2.24) is 0 Å². The van der Waals surface area contributed by atoms with Crippen LogP contribution in [0.2, 0.25) is 0 Å². The molecule has 0 aliphatic rings. The average molecular weight is 618 g/mol. The van der Waals surface area contributed by atoms with E-state index in [2.05, 4.69) is 5.32 Å². The summed E-state index contributed by atoms with van der Waals surface area (Å²) in [6, 6.07) is 18.0. The fourth-order valence-corrected chi connectivity index (χ4v) is 4.83. The molecule has 184 valence electrons. The van der Waals surface area contributed by atoms with Crippen molar-refractivity contribution in [2.45, 2.75) is 11.8 Å². The van der Waals surface area contributed by atoms with E-state index < -0.39 is 22.0 Å². The van der Waals surface area contributed by atoms with E-state index in [-0.39, 0.29) is 34.1 Å². The summed E-state index contributed by atoms with van der Waals surface area (Å²) in [7, 11) is -4.13. The molecule has 3 aromatic rings. The lowest BCUT2D eigenvalue weighted by Crippen LogP contribution is -2.14. The van der Waals surface area contributed by atoms with Crippen LogP contribution >= 0.6 is 22.6 Å².